The smallest absolute Gasteiger partial charge is 0.141 e. The highest BCUT2D eigenvalue weighted by Gasteiger charge is 2.32. The number of hydrogen-bond donors (Lipinski definition) is 2. The van der Waals surface area contributed by atoms with Crippen molar-refractivity contribution < 1.29 is 4.74 Å². The number of hydrogen-bond acceptors (Lipinski definition) is 4. The van der Waals surface area contributed by atoms with Crippen molar-refractivity contribution in [3.63, 3.8) is 0 Å². The summed E-state index contributed by atoms with van der Waals surface area (Å²) in [6.45, 7) is 7.44. The summed E-state index contributed by atoms with van der Waals surface area (Å²) in [4.78, 5) is 2.54. The fourth-order valence-electron chi connectivity index (χ4n) is 3.15. The van der Waals surface area contributed by atoms with Gasteiger partial charge in [0.1, 0.15) is 5.75 Å². The molecule has 1 heterocycles. The summed E-state index contributed by atoms with van der Waals surface area (Å²) < 4.78 is 5.45. The Morgan fingerprint density at radius 1 is 1.29 bits per heavy atom. The molecule has 0 aliphatic carbocycles. The van der Waals surface area contributed by atoms with E-state index in [1.807, 2.05) is 18.2 Å². The van der Waals surface area contributed by atoms with Crippen LogP contribution in [0.2, 0.25) is 0 Å². The third-order valence-electron chi connectivity index (χ3n) is 4.61. The molecule has 1 unspecified atom stereocenters. The van der Waals surface area contributed by atoms with E-state index in [4.69, 9.17) is 10.5 Å². The standard InChI is InChI=1S/C17H29N3O/c1-14(2)20-11-6-9-17(13-18,10-12-20)19-15-7-4-5-8-16(15)21-3/h4-5,7-8,14,19H,6,9-13,18H2,1-3H3. The zero-order chi connectivity index (χ0) is 15.3. The van der Waals surface area contributed by atoms with Crippen molar-refractivity contribution >= 4 is 5.69 Å². The summed E-state index contributed by atoms with van der Waals surface area (Å²) in [5.41, 5.74) is 7.16. The van der Waals surface area contributed by atoms with Crippen LogP contribution in [0.3, 0.4) is 0 Å². The first-order valence-corrected chi connectivity index (χ1v) is 7.95. The molecule has 0 saturated carbocycles. The highest BCUT2D eigenvalue weighted by molar-refractivity contribution is 5.57. The summed E-state index contributed by atoms with van der Waals surface area (Å²) in [5, 5.41) is 3.69. The van der Waals surface area contributed by atoms with Crippen molar-refractivity contribution in [2.24, 2.45) is 5.73 Å². The SMILES string of the molecule is COc1ccccc1NC1(CN)CCCN(C(C)C)CC1. The van der Waals surface area contributed by atoms with Crippen LogP contribution in [-0.4, -0.2) is 43.2 Å². The Morgan fingerprint density at radius 2 is 2.05 bits per heavy atom. The van der Waals surface area contributed by atoms with Gasteiger partial charge in [-0.2, -0.15) is 0 Å². The molecule has 118 valence electrons. The summed E-state index contributed by atoms with van der Waals surface area (Å²) in [6, 6.07) is 8.69. The number of anilines is 1. The van der Waals surface area contributed by atoms with Gasteiger partial charge in [0, 0.05) is 19.1 Å². The third-order valence-corrected chi connectivity index (χ3v) is 4.61. The van der Waals surface area contributed by atoms with Gasteiger partial charge in [0.15, 0.2) is 0 Å². The van der Waals surface area contributed by atoms with Crippen LogP contribution in [0.4, 0.5) is 5.69 Å². The average molecular weight is 291 g/mol. The first kappa shape index (κ1) is 16.1. The zero-order valence-corrected chi connectivity index (χ0v) is 13.6. The van der Waals surface area contributed by atoms with E-state index in [0.717, 1.165) is 37.4 Å². The lowest BCUT2D eigenvalue weighted by molar-refractivity contribution is 0.227. The van der Waals surface area contributed by atoms with Gasteiger partial charge in [-0.05, 0) is 51.8 Å². The van der Waals surface area contributed by atoms with Gasteiger partial charge >= 0.3 is 0 Å². The van der Waals surface area contributed by atoms with Crippen LogP contribution in [0.15, 0.2) is 24.3 Å². The van der Waals surface area contributed by atoms with Crippen molar-refractivity contribution in [3.8, 4) is 5.75 Å². The lowest BCUT2D eigenvalue weighted by atomic mass is 9.90. The Balaban J connectivity index is 2.14. The second kappa shape index (κ2) is 7.14. The Hall–Kier alpha value is -1.26. The molecule has 0 radical (unpaired) electrons. The number of methoxy groups -OCH3 is 1. The predicted molar refractivity (Wildman–Crippen MR) is 89.0 cm³/mol. The largest absolute Gasteiger partial charge is 0.495 e. The molecule has 3 N–H and O–H groups in total. The lowest BCUT2D eigenvalue weighted by Crippen LogP contribution is -2.46. The van der Waals surface area contributed by atoms with Crippen molar-refractivity contribution in [2.75, 3.05) is 32.1 Å². The molecule has 1 aliphatic rings. The number of benzene rings is 1. The average Bonchev–Trinajstić information content (AvgIpc) is 2.71. The van der Waals surface area contributed by atoms with Gasteiger partial charge in [-0.15, -0.1) is 0 Å². The predicted octanol–water partition coefficient (Wildman–Crippen LogP) is 2.70. The minimum atomic E-state index is -0.0295. The molecule has 0 aromatic heterocycles. The molecule has 4 nitrogen and oxygen atoms in total. The van der Waals surface area contributed by atoms with E-state index in [0.29, 0.717) is 12.6 Å². The first-order chi connectivity index (χ1) is 10.1. The molecule has 0 amide bonds. The van der Waals surface area contributed by atoms with Gasteiger partial charge in [-0.1, -0.05) is 12.1 Å². The van der Waals surface area contributed by atoms with Crippen LogP contribution in [0, 0.1) is 0 Å². The third kappa shape index (κ3) is 3.89. The van der Waals surface area contributed by atoms with Crippen molar-refractivity contribution in [1.29, 1.82) is 0 Å². The van der Waals surface area contributed by atoms with Crippen LogP contribution < -0.4 is 15.8 Å². The van der Waals surface area contributed by atoms with E-state index >= 15 is 0 Å². The number of nitrogens with one attached hydrogen (secondary N) is 1. The van der Waals surface area contributed by atoms with Gasteiger partial charge in [-0.25, -0.2) is 0 Å². The number of rotatable bonds is 5. The second-order valence-corrected chi connectivity index (χ2v) is 6.29. The maximum atomic E-state index is 6.15. The van der Waals surface area contributed by atoms with Gasteiger partial charge in [-0.3, -0.25) is 0 Å². The number of likely N-dealkylation sites (tertiary alicyclic amines) is 1. The van der Waals surface area contributed by atoms with Crippen LogP contribution in [-0.2, 0) is 0 Å². The Morgan fingerprint density at radius 3 is 2.71 bits per heavy atom. The fourth-order valence-corrected chi connectivity index (χ4v) is 3.15. The quantitative estimate of drug-likeness (QED) is 0.876. The van der Waals surface area contributed by atoms with E-state index in [1.54, 1.807) is 7.11 Å². The molecular formula is C17H29N3O. The Kier molecular flexibility index (Phi) is 5.48. The monoisotopic (exact) mass is 291 g/mol. The van der Waals surface area contributed by atoms with Crippen LogP contribution in [0.25, 0.3) is 0 Å². The summed E-state index contributed by atoms with van der Waals surface area (Å²) >= 11 is 0. The molecule has 1 aromatic rings. The molecule has 4 heteroatoms. The van der Waals surface area contributed by atoms with Crippen molar-refractivity contribution in [2.45, 2.75) is 44.7 Å². The van der Waals surface area contributed by atoms with Crippen molar-refractivity contribution in [3.05, 3.63) is 24.3 Å². The molecule has 1 fully saturated rings. The van der Waals surface area contributed by atoms with Crippen LogP contribution in [0.5, 0.6) is 5.75 Å². The molecule has 1 aliphatic heterocycles. The molecule has 0 bridgehead atoms. The fraction of sp³-hybridized carbons (Fsp3) is 0.647. The molecule has 2 rings (SSSR count). The number of ether oxygens (including phenoxy) is 1. The van der Waals surface area contributed by atoms with Gasteiger partial charge < -0.3 is 20.7 Å². The van der Waals surface area contributed by atoms with E-state index in [1.165, 1.54) is 6.42 Å². The van der Waals surface area contributed by atoms with E-state index in [9.17, 15) is 0 Å². The lowest BCUT2D eigenvalue weighted by Gasteiger charge is -2.34. The summed E-state index contributed by atoms with van der Waals surface area (Å²) in [6.07, 6.45) is 3.35. The molecule has 21 heavy (non-hydrogen) atoms. The normalized spacial score (nSPS) is 23.9. The van der Waals surface area contributed by atoms with Gasteiger partial charge in [0.2, 0.25) is 0 Å². The molecular weight excluding hydrogens is 262 g/mol. The minimum Gasteiger partial charge on any atom is -0.495 e. The summed E-state index contributed by atoms with van der Waals surface area (Å²) in [5.74, 6) is 0.885. The molecule has 1 atom stereocenters. The maximum Gasteiger partial charge on any atom is 0.141 e. The highest BCUT2D eigenvalue weighted by Crippen LogP contribution is 2.31. The minimum absolute atomic E-state index is 0.0295. The zero-order valence-electron chi connectivity index (χ0n) is 13.6. The Bertz CT molecular complexity index is 449. The maximum absolute atomic E-state index is 6.15. The Labute approximate surface area is 128 Å². The van der Waals surface area contributed by atoms with Gasteiger partial charge in [0.05, 0.1) is 18.3 Å². The second-order valence-electron chi connectivity index (χ2n) is 6.29. The van der Waals surface area contributed by atoms with Gasteiger partial charge in [0.25, 0.3) is 0 Å². The van der Waals surface area contributed by atoms with E-state index in [2.05, 4.69) is 30.1 Å². The summed E-state index contributed by atoms with van der Waals surface area (Å²) in [7, 11) is 1.71. The van der Waals surface area contributed by atoms with E-state index < -0.39 is 0 Å². The highest BCUT2D eigenvalue weighted by atomic mass is 16.5. The first-order valence-electron chi connectivity index (χ1n) is 7.95. The van der Waals surface area contributed by atoms with Crippen molar-refractivity contribution in [1.82, 2.24) is 4.90 Å². The molecule has 0 spiro atoms. The topological polar surface area (TPSA) is 50.5 Å². The molecule has 1 aromatic carbocycles. The molecule has 1 saturated heterocycles. The number of nitrogens with zero attached hydrogens (tertiary/aromatic N) is 1. The number of para-hydroxylation sites is 2. The van der Waals surface area contributed by atoms with E-state index in [-0.39, 0.29) is 5.54 Å². The van der Waals surface area contributed by atoms with Crippen LogP contribution in [0.1, 0.15) is 33.1 Å². The van der Waals surface area contributed by atoms with Crippen LogP contribution >= 0.6 is 0 Å². The number of nitrogens with two attached hydrogens (primary N) is 1.